The normalized spacial score (nSPS) is 21.8. The van der Waals surface area contributed by atoms with Gasteiger partial charge in [0.2, 0.25) is 0 Å². The Bertz CT molecular complexity index is 184. The van der Waals surface area contributed by atoms with Crippen molar-refractivity contribution in [2.75, 3.05) is 19.6 Å². The molecule has 0 unspecified atom stereocenters. The second kappa shape index (κ2) is 3.93. The Morgan fingerprint density at radius 1 is 1.55 bits per heavy atom. The Hall–Kier alpha value is -1.09. The van der Waals surface area contributed by atoms with E-state index in [1.807, 2.05) is 4.90 Å². The molecule has 1 aliphatic heterocycles. The van der Waals surface area contributed by atoms with Gasteiger partial charge in [0.05, 0.1) is 6.54 Å². The summed E-state index contributed by atoms with van der Waals surface area (Å²) in [7, 11) is 0. The van der Waals surface area contributed by atoms with E-state index in [0.29, 0.717) is 0 Å². The van der Waals surface area contributed by atoms with Gasteiger partial charge in [-0.15, -0.1) is 0 Å². The first-order valence-electron chi connectivity index (χ1n) is 3.66. The van der Waals surface area contributed by atoms with Crippen LogP contribution in [-0.2, 0) is 0 Å². The van der Waals surface area contributed by atoms with Crippen LogP contribution >= 0.6 is 0 Å². The van der Waals surface area contributed by atoms with E-state index in [2.05, 4.69) is 23.5 Å². The van der Waals surface area contributed by atoms with Crippen LogP contribution in [0, 0.1) is 0 Å². The number of rotatable bonds is 2. The standard InChI is InChI=1S/C8H13N3/c1-3-10-8-7-9-5-6-11(8)4-2/h3-4,9H,1-2,5-7H2. The van der Waals surface area contributed by atoms with Crippen molar-refractivity contribution in [1.82, 2.24) is 10.2 Å². The molecule has 1 fully saturated rings. The van der Waals surface area contributed by atoms with Gasteiger partial charge in [0.1, 0.15) is 5.84 Å². The van der Waals surface area contributed by atoms with E-state index < -0.39 is 0 Å². The van der Waals surface area contributed by atoms with E-state index in [4.69, 9.17) is 0 Å². The van der Waals surface area contributed by atoms with Gasteiger partial charge in [-0.1, -0.05) is 13.2 Å². The number of piperazine rings is 1. The molecule has 0 aromatic rings. The quantitative estimate of drug-likeness (QED) is 0.625. The van der Waals surface area contributed by atoms with Crippen LogP contribution in [0.5, 0.6) is 0 Å². The molecule has 0 spiro atoms. The SMILES string of the molecule is C=CN=C1CNCCN1C=C. The molecule has 1 aliphatic rings. The molecule has 1 saturated heterocycles. The summed E-state index contributed by atoms with van der Waals surface area (Å²) in [5.41, 5.74) is 0. The van der Waals surface area contributed by atoms with Gasteiger partial charge in [0.25, 0.3) is 0 Å². The Labute approximate surface area is 67.1 Å². The van der Waals surface area contributed by atoms with Crippen LogP contribution < -0.4 is 5.32 Å². The summed E-state index contributed by atoms with van der Waals surface area (Å²) < 4.78 is 0. The summed E-state index contributed by atoms with van der Waals surface area (Å²) in [5.74, 6) is 0.987. The minimum Gasteiger partial charge on any atom is -0.335 e. The van der Waals surface area contributed by atoms with E-state index in [1.54, 1.807) is 12.4 Å². The van der Waals surface area contributed by atoms with Gasteiger partial charge in [0.15, 0.2) is 0 Å². The lowest BCUT2D eigenvalue weighted by atomic mass is 10.3. The highest BCUT2D eigenvalue weighted by Crippen LogP contribution is 1.96. The average molecular weight is 151 g/mol. The number of nitrogens with zero attached hydrogens (tertiary/aromatic N) is 2. The molecule has 3 heteroatoms. The van der Waals surface area contributed by atoms with Crippen molar-refractivity contribution in [3.63, 3.8) is 0 Å². The molecule has 0 atom stereocenters. The van der Waals surface area contributed by atoms with Gasteiger partial charge >= 0.3 is 0 Å². The molecule has 1 heterocycles. The van der Waals surface area contributed by atoms with Crippen molar-refractivity contribution in [2.45, 2.75) is 0 Å². The molecule has 11 heavy (non-hydrogen) atoms. The summed E-state index contributed by atoms with van der Waals surface area (Å²) in [6, 6.07) is 0. The van der Waals surface area contributed by atoms with Gasteiger partial charge in [-0.3, -0.25) is 0 Å². The molecule has 3 nitrogen and oxygen atoms in total. The smallest absolute Gasteiger partial charge is 0.122 e. The minimum atomic E-state index is 0.804. The zero-order chi connectivity index (χ0) is 8.10. The van der Waals surface area contributed by atoms with E-state index in [1.165, 1.54) is 0 Å². The molecule has 0 radical (unpaired) electrons. The molecule has 60 valence electrons. The van der Waals surface area contributed by atoms with Crippen LogP contribution in [0.2, 0.25) is 0 Å². The van der Waals surface area contributed by atoms with Crippen LogP contribution in [-0.4, -0.2) is 30.4 Å². The van der Waals surface area contributed by atoms with Gasteiger partial charge in [-0.25, -0.2) is 4.99 Å². The fourth-order valence-corrected chi connectivity index (χ4v) is 1.05. The van der Waals surface area contributed by atoms with Crippen LogP contribution in [0.4, 0.5) is 0 Å². The maximum absolute atomic E-state index is 4.11. The first kappa shape index (κ1) is 8.01. The molecule has 0 amide bonds. The van der Waals surface area contributed by atoms with Gasteiger partial charge in [-0.05, 0) is 6.20 Å². The Morgan fingerprint density at radius 3 is 3.00 bits per heavy atom. The fourth-order valence-electron chi connectivity index (χ4n) is 1.05. The molecule has 0 aromatic carbocycles. The fraction of sp³-hybridized carbons (Fsp3) is 0.375. The average Bonchev–Trinajstić information content (AvgIpc) is 2.06. The van der Waals surface area contributed by atoms with E-state index in [-0.39, 0.29) is 0 Å². The van der Waals surface area contributed by atoms with Crippen LogP contribution in [0.25, 0.3) is 0 Å². The van der Waals surface area contributed by atoms with Crippen molar-refractivity contribution in [3.05, 3.63) is 25.6 Å². The number of hydrogen-bond acceptors (Lipinski definition) is 2. The number of aliphatic imine (C=N–C) groups is 1. The zero-order valence-corrected chi connectivity index (χ0v) is 6.58. The highest BCUT2D eigenvalue weighted by atomic mass is 15.2. The van der Waals surface area contributed by atoms with E-state index in [9.17, 15) is 0 Å². The summed E-state index contributed by atoms with van der Waals surface area (Å²) in [6.07, 6.45) is 3.35. The predicted octanol–water partition coefficient (Wildman–Crippen LogP) is 0.577. The number of amidine groups is 1. The van der Waals surface area contributed by atoms with Crippen LogP contribution in [0.15, 0.2) is 30.6 Å². The van der Waals surface area contributed by atoms with Gasteiger partial charge in [0, 0.05) is 19.3 Å². The van der Waals surface area contributed by atoms with Crippen molar-refractivity contribution < 1.29 is 0 Å². The third-order valence-electron chi connectivity index (χ3n) is 1.60. The summed E-state index contributed by atoms with van der Waals surface area (Å²) in [5, 5.41) is 3.22. The minimum absolute atomic E-state index is 0.804. The lowest BCUT2D eigenvalue weighted by Crippen LogP contribution is -2.45. The van der Waals surface area contributed by atoms with Gasteiger partial charge < -0.3 is 10.2 Å². The summed E-state index contributed by atoms with van der Waals surface area (Å²) in [4.78, 5) is 6.13. The van der Waals surface area contributed by atoms with Crippen LogP contribution in [0.1, 0.15) is 0 Å². The lowest BCUT2D eigenvalue weighted by Gasteiger charge is -2.26. The topological polar surface area (TPSA) is 27.6 Å². The second-order valence-electron chi connectivity index (χ2n) is 2.28. The molecule has 1 rings (SSSR count). The van der Waals surface area contributed by atoms with E-state index in [0.717, 1.165) is 25.5 Å². The van der Waals surface area contributed by atoms with E-state index >= 15 is 0 Å². The molecular weight excluding hydrogens is 138 g/mol. The molecule has 0 saturated carbocycles. The Morgan fingerprint density at radius 2 is 2.36 bits per heavy atom. The first-order valence-corrected chi connectivity index (χ1v) is 3.66. The van der Waals surface area contributed by atoms with Crippen molar-refractivity contribution >= 4 is 5.84 Å². The maximum atomic E-state index is 4.11. The first-order chi connectivity index (χ1) is 5.38. The third kappa shape index (κ3) is 1.91. The number of nitrogens with one attached hydrogen (secondary N) is 1. The van der Waals surface area contributed by atoms with Crippen molar-refractivity contribution in [1.29, 1.82) is 0 Å². The lowest BCUT2D eigenvalue weighted by molar-refractivity contribution is 0.483. The molecule has 0 aromatic heterocycles. The monoisotopic (exact) mass is 151 g/mol. The molecular formula is C8H13N3. The second-order valence-corrected chi connectivity index (χ2v) is 2.28. The van der Waals surface area contributed by atoms with Crippen LogP contribution in [0.3, 0.4) is 0 Å². The number of hydrogen-bond donors (Lipinski definition) is 1. The third-order valence-corrected chi connectivity index (χ3v) is 1.60. The maximum Gasteiger partial charge on any atom is 0.122 e. The Kier molecular flexibility index (Phi) is 2.86. The largest absolute Gasteiger partial charge is 0.335 e. The zero-order valence-electron chi connectivity index (χ0n) is 6.58. The molecule has 1 N–H and O–H groups in total. The summed E-state index contributed by atoms with van der Waals surface area (Å²) in [6.45, 7) is 9.98. The van der Waals surface area contributed by atoms with Crippen molar-refractivity contribution in [2.24, 2.45) is 4.99 Å². The predicted molar refractivity (Wildman–Crippen MR) is 47.4 cm³/mol. The van der Waals surface area contributed by atoms with Crippen molar-refractivity contribution in [3.8, 4) is 0 Å². The highest BCUT2D eigenvalue weighted by molar-refractivity contribution is 5.86. The molecule has 0 aliphatic carbocycles. The Balaban J connectivity index is 2.65. The highest BCUT2D eigenvalue weighted by Gasteiger charge is 2.11. The van der Waals surface area contributed by atoms with Gasteiger partial charge in [-0.2, -0.15) is 0 Å². The molecule has 0 bridgehead atoms. The summed E-state index contributed by atoms with van der Waals surface area (Å²) >= 11 is 0.